The first-order valence-corrected chi connectivity index (χ1v) is 6.32. The van der Waals surface area contributed by atoms with Gasteiger partial charge in [0.25, 0.3) is 0 Å². The topological polar surface area (TPSA) is 32.3 Å². The van der Waals surface area contributed by atoms with Crippen LogP contribution in [-0.2, 0) is 4.79 Å². The van der Waals surface area contributed by atoms with Gasteiger partial charge in [-0.25, -0.2) is 0 Å². The largest absolute Gasteiger partial charge is 0.323 e. The fraction of sp³-hybridized carbons (Fsp3) is 0.917. The lowest BCUT2D eigenvalue weighted by Gasteiger charge is -2.34. The van der Waals surface area contributed by atoms with E-state index in [4.69, 9.17) is 0 Å². The van der Waals surface area contributed by atoms with Crippen LogP contribution in [0.5, 0.6) is 0 Å². The van der Waals surface area contributed by atoms with Gasteiger partial charge in [-0.1, -0.05) is 26.2 Å². The molecule has 2 aliphatic rings. The molecule has 1 N–H and O–H groups in total. The Balaban J connectivity index is 2.07. The molecule has 0 bridgehead atoms. The van der Waals surface area contributed by atoms with Crippen molar-refractivity contribution in [1.29, 1.82) is 0 Å². The van der Waals surface area contributed by atoms with Crippen LogP contribution in [0.3, 0.4) is 0 Å². The van der Waals surface area contributed by atoms with Crippen LogP contribution >= 0.6 is 0 Å². The molecule has 1 amide bonds. The molecule has 1 saturated heterocycles. The minimum Gasteiger partial charge on any atom is -0.323 e. The van der Waals surface area contributed by atoms with E-state index < -0.39 is 0 Å². The molecule has 1 heterocycles. The quantitative estimate of drug-likeness (QED) is 0.754. The monoisotopic (exact) mass is 210 g/mol. The number of nitrogens with one attached hydrogen (secondary N) is 1. The molecule has 2 atom stereocenters. The van der Waals surface area contributed by atoms with E-state index in [0.29, 0.717) is 11.9 Å². The number of amides is 1. The third-order valence-corrected chi connectivity index (χ3v) is 3.76. The predicted molar refractivity (Wildman–Crippen MR) is 60.4 cm³/mol. The number of nitrogens with zero attached hydrogens (tertiary/aromatic N) is 1. The fourth-order valence-electron chi connectivity index (χ4n) is 2.93. The predicted octanol–water partition coefficient (Wildman–Crippen LogP) is 1.88. The minimum atomic E-state index is 0.0249. The molecule has 0 aromatic rings. The SMILES string of the molecule is CCC1NC(C)C(=O)N1C1CCCCC1. The van der Waals surface area contributed by atoms with Gasteiger partial charge in [-0.15, -0.1) is 0 Å². The van der Waals surface area contributed by atoms with Crippen molar-refractivity contribution in [2.24, 2.45) is 0 Å². The van der Waals surface area contributed by atoms with Crippen LogP contribution in [0.2, 0.25) is 0 Å². The summed E-state index contributed by atoms with van der Waals surface area (Å²) < 4.78 is 0. The van der Waals surface area contributed by atoms with E-state index >= 15 is 0 Å². The molecule has 86 valence electrons. The molecule has 2 rings (SSSR count). The molecule has 3 heteroatoms. The average Bonchev–Trinajstić information content (AvgIpc) is 2.56. The van der Waals surface area contributed by atoms with Gasteiger partial charge in [0.05, 0.1) is 12.2 Å². The second-order valence-corrected chi connectivity index (χ2v) is 4.85. The molecule has 1 aliphatic heterocycles. The van der Waals surface area contributed by atoms with Crippen molar-refractivity contribution in [3.8, 4) is 0 Å². The Labute approximate surface area is 92.2 Å². The van der Waals surface area contributed by atoms with Crippen molar-refractivity contribution in [3.63, 3.8) is 0 Å². The maximum absolute atomic E-state index is 12.0. The van der Waals surface area contributed by atoms with E-state index in [2.05, 4.69) is 17.1 Å². The Morgan fingerprint density at radius 2 is 2.00 bits per heavy atom. The van der Waals surface area contributed by atoms with E-state index in [1.54, 1.807) is 0 Å². The lowest BCUT2D eigenvalue weighted by molar-refractivity contribution is -0.132. The molecule has 0 aromatic heterocycles. The summed E-state index contributed by atoms with van der Waals surface area (Å²) >= 11 is 0. The molecule has 15 heavy (non-hydrogen) atoms. The van der Waals surface area contributed by atoms with Crippen LogP contribution in [0.25, 0.3) is 0 Å². The Bertz CT molecular complexity index is 236. The zero-order chi connectivity index (χ0) is 10.8. The summed E-state index contributed by atoms with van der Waals surface area (Å²) in [6, 6.07) is 0.533. The van der Waals surface area contributed by atoms with Crippen molar-refractivity contribution in [2.45, 2.75) is 70.6 Å². The summed E-state index contributed by atoms with van der Waals surface area (Å²) in [5, 5.41) is 3.38. The Morgan fingerprint density at radius 3 is 2.60 bits per heavy atom. The molecule has 2 fully saturated rings. The van der Waals surface area contributed by atoms with Gasteiger partial charge in [-0.05, 0) is 26.2 Å². The summed E-state index contributed by atoms with van der Waals surface area (Å²) in [6.45, 7) is 4.13. The highest BCUT2D eigenvalue weighted by Gasteiger charge is 2.39. The highest BCUT2D eigenvalue weighted by Crippen LogP contribution is 2.27. The number of carbonyl (C=O) groups is 1. The molecule has 0 aromatic carbocycles. The summed E-state index contributed by atoms with van der Waals surface area (Å²) in [5.41, 5.74) is 0. The average molecular weight is 210 g/mol. The first kappa shape index (κ1) is 10.9. The van der Waals surface area contributed by atoms with Gasteiger partial charge in [-0.2, -0.15) is 0 Å². The highest BCUT2D eigenvalue weighted by atomic mass is 16.2. The Morgan fingerprint density at radius 1 is 1.33 bits per heavy atom. The highest BCUT2D eigenvalue weighted by molar-refractivity contribution is 5.84. The van der Waals surface area contributed by atoms with E-state index in [0.717, 1.165) is 6.42 Å². The zero-order valence-electron chi connectivity index (χ0n) is 9.83. The van der Waals surface area contributed by atoms with Crippen molar-refractivity contribution < 1.29 is 4.79 Å². The van der Waals surface area contributed by atoms with E-state index in [9.17, 15) is 4.79 Å². The van der Waals surface area contributed by atoms with Gasteiger partial charge in [0, 0.05) is 6.04 Å². The van der Waals surface area contributed by atoms with Gasteiger partial charge in [0.15, 0.2) is 0 Å². The summed E-state index contributed by atoms with van der Waals surface area (Å²) in [6.07, 6.45) is 7.65. The normalized spacial score (nSPS) is 33.7. The summed E-state index contributed by atoms with van der Waals surface area (Å²) in [7, 11) is 0. The number of rotatable bonds is 2. The molecular weight excluding hydrogens is 188 g/mol. The van der Waals surface area contributed by atoms with Gasteiger partial charge < -0.3 is 4.90 Å². The van der Waals surface area contributed by atoms with Crippen LogP contribution in [0, 0.1) is 0 Å². The van der Waals surface area contributed by atoms with E-state index in [-0.39, 0.29) is 12.2 Å². The third kappa shape index (κ3) is 2.03. The van der Waals surface area contributed by atoms with Crippen molar-refractivity contribution >= 4 is 5.91 Å². The summed E-state index contributed by atoms with van der Waals surface area (Å²) in [4.78, 5) is 14.2. The number of carbonyl (C=O) groups excluding carboxylic acids is 1. The van der Waals surface area contributed by atoms with Crippen molar-refractivity contribution in [1.82, 2.24) is 10.2 Å². The van der Waals surface area contributed by atoms with E-state index in [1.165, 1.54) is 32.1 Å². The van der Waals surface area contributed by atoms with Crippen LogP contribution in [-0.4, -0.2) is 29.1 Å². The second-order valence-electron chi connectivity index (χ2n) is 4.85. The molecule has 3 nitrogen and oxygen atoms in total. The minimum absolute atomic E-state index is 0.0249. The van der Waals surface area contributed by atoms with Gasteiger partial charge in [0.2, 0.25) is 5.91 Å². The fourth-order valence-corrected chi connectivity index (χ4v) is 2.93. The molecule has 0 radical (unpaired) electrons. The standard InChI is InChI=1S/C12H22N2O/c1-3-11-13-9(2)12(15)14(11)10-7-5-4-6-8-10/h9-11,13H,3-8H2,1-2H3. The lowest BCUT2D eigenvalue weighted by atomic mass is 9.94. The molecule has 1 saturated carbocycles. The Kier molecular flexibility index (Phi) is 3.29. The van der Waals surface area contributed by atoms with Crippen LogP contribution in [0.4, 0.5) is 0 Å². The lowest BCUT2D eigenvalue weighted by Crippen LogP contribution is -2.45. The maximum atomic E-state index is 12.0. The molecule has 0 spiro atoms. The molecule has 2 unspecified atom stereocenters. The van der Waals surface area contributed by atoms with Gasteiger partial charge in [0.1, 0.15) is 0 Å². The van der Waals surface area contributed by atoms with Crippen molar-refractivity contribution in [3.05, 3.63) is 0 Å². The second kappa shape index (κ2) is 4.52. The van der Waals surface area contributed by atoms with Crippen LogP contribution < -0.4 is 5.32 Å². The zero-order valence-corrected chi connectivity index (χ0v) is 9.83. The first-order valence-electron chi connectivity index (χ1n) is 6.32. The Hall–Kier alpha value is -0.570. The third-order valence-electron chi connectivity index (χ3n) is 3.76. The maximum Gasteiger partial charge on any atom is 0.240 e. The van der Waals surface area contributed by atoms with Gasteiger partial charge >= 0.3 is 0 Å². The number of hydrogen-bond acceptors (Lipinski definition) is 2. The van der Waals surface area contributed by atoms with Crippen LogP contribution in [0.1, 0.15) is 52.4 Å². The smallest absolute Gasteiger partial charge is 0.240 e. The summed E-state index contributed by atoms with van der Waals surface area (Å²) in [5.74, 6) is 0.314. The van der Waals surface area contributed by atoms with Crippen LogP contribution in [0.15, 0.2) is 0 Å². The van der Waals surface area contributed by atoms with Crippen molar-refractivity contribution in [2.75, 3.05) is 0 Å². The number of hydrogen-bond donors (Lipinski definition) is 1. The first-order chi connectivity index (χ1) is 7.24. The van der Waals surface area contributed by atoms with Gasteiger partial charge in [-0.3, -0.25) is 10.1 Å². The van der Waals surface area contributed by atoms with E-state index in [1.807, 2.05) is 6.92 Å². The molecule has 1 aliphatic carbocycles. The molecular formula is C12H22N2O.